The predicted molar refractivity (Wildman–Crippen MR) is 68.0 cm³/mol. The number of carbonyl (C=O) groups excluding carboxylic acids is 1. The summed E-state index contributed by atoms with van der Waals surface area (Å²) in [5.41, 5.74) is 10.3. The summed E-state index contributed by atoms with van der Waals surface area (Å²) in [6.07, 6.45) is 0.747. The maximum Gasteiger partial charge on any atom is 0.326 e. The number of guanidine groups is 1. The molecule has 2 atom stereocenters. The van der Waals surface area contributed by atoms with Crippen molar-refractivity contribution in [2.75, 3.05) is 13.6 Å². The van der Waals surface area contributed by atoms with Crippen molar-refractivity contribution in [1.29, 1.82) is 0 Å². The van der Waals surface area contributed by atoms with Gasteiger partial charge in [0.05, 0.1) is 6.04 Å². The average molecular weight is 259 g/mol. The van der Waals surface area contributed by atoms with Gasteiger partial charge in [-0.3, -0.25) is 9.79 Å². The third-order valence-electron chi connectivity index (χ3n) is 2.39. The normalized spacial score (nSPS) is 13.4. The lowest BCUT2D eigenvalue weighted by Gasteiger charge is -2.17. The lowest BCUT2D eigenvalue weighted by molar-refractivity contribution is -0.142. The number of aliphatic imine (C=N–C) groups is 1. The van der Waals surface area contributed by atoms with E-state index in [1.165, 1.54) is 0 Å². The molecule has 0 rings (SSSR count). The van der Waals surface area contributed by atoms with E-state index in [-0.39, 0.29) is 18.3 Å². The van der Waals surface area contributed by atoms with Crippen LogP contribution in [0.2, 0.25) is 0 Å². The number of hydrogen-bond donors (Lipinski definition) is 5. The minimum atomic E-state index is -1.07. The fourth-order valence-corrected chi connectivity index (χ4v) is 1.19. The Labute approximate surface area is 106 Å². The highest BCUT2D eigenvalue weighted by atomic mass is 16.4. The highest BCUT2D eigenvalue weighted by Crippen LogP contribution is 1.99. The molecule has 0 heterocycles. The molecule has 18 heavy (non-hydrogen) atoms. The number of nitrogens with two attached hydrogens (primary N) is 2. The van der Waals surface area contributed by atoms with Gasteiger partial charge in [-0.05, 0) is 26.8 Å². The second-order valence-corrected chi connectivity index (χ2v) is 3.86. The third kappa shape index (κ3) is 6.69. The number of carbonyl (C=O) groups is 2. The largest absolute Gasteiger partial charge is 0.480 e. The van der Waals surface area contributed by atoms with Gasteiger partial charge in [0.15, 0.2) is 5.96 Å². The molecule has 0 aliphatic rings. The molecule has 8 nitrogen and oxygen atoms in total. The molecule has 0 saturated carbocycles. The van der Waals surface area contributed by atoms with Crippen LogP contribution in [0.3, 0.4) is 0 Å². The van der Waals surface area contributed by atoms with Gasteiger partial charge in [-0.25, -0.2) is 4.79 Å². The summed E-state index contributed by atoms with van der Waals surface area (Å²) in [6.45, 7) is 1.98. The van der Waals surface area contributed by atoms with Gasteiger partial charge in [0.2, 0.25) is 5.91 Å². The van der Waals surface area contributed by atoms with Gasteiger partial charge in [-0.15, -0.1) is 0 Å². The van der Waals surface area contributed by atoms with Gasteiger partial charge >= 0.3 is 5.97 Å². The number of carboxylic acid groups (broad SMARTS) is 1. The van der Waals surface area contributed by atoms with Crippen molar-refractivity contribution in [1.82, 2.24) is 10.6 Å². The molecule has 0 aromatic heterocycles. The van der Waals surface area contributed by atoms with Gasteiger partial charge in [0, 0.05) is 6.54 Å². The summed E-state index contributed by atoms with van der Waals surface area (Å²) >= 11 is 0. The van der Waals surface area contributed by atoms with Crippen LogP contribution in [0.15, 0.2) is 4.99 Å². The lowest BCUT2D eigenvalue weighted by Crippen LogP contribution is -2.48. The van der Waals surface area contributed by atoms with Gasteiger partial charge in [-0.2, -0.15) is 0 Å². The standard InChI is InChI=1S/C10H21N5O3/c1-6(13-2)8(16)15-7(9(17)18)4-3-5-14-10(11)12/h6-7,13H,3-5H2,1-2H3,(H,15,16)(H,17,18)(H4,11,12,14). The van der Waals surface area contributed by atoms with Crippen molar-refractivity contribution in [3.63, 3.8) is 0 Å². The van der Waals surface area contributed by atoms with E-state index in [4.69, 9.17) is 16.6 Å². The smallest absolute Gasteiger partial charge is 0.326 e. The van der Waals surface area contributed by atoms with Crippen LogP contribution in [0.5, 0.6) is 0 Å². The molecule has 0 radical (unpaired) electrons. The maximum atomic E-state index is 11.5. The number of hydrogen-bond acceptors (Lipinski definition) is 4. The summed E-state index contributed by atoms with van der Waals surface area (Å²) in [7, 11) is 1.62. The minimum Gasteiger partial charge on any atom is -0.480 e. The monoisotopic (exact) mass is 259 g/mol. The van der Waals surface area contributed by atoms with Crippen molar-refractivity contribution in [3.8, 4) is 0 Å². The first-order valence-electron chi connectivity index (χ1n) is 5.64. The molecule has 1 amide bonds. The summed E-state index contributed by atoms with van der Waals surface area (Å²) in [6, 6.07) is -1.37. The molecule has 0 aromatic carbocycles. The van der Waals surface area contributed by atoms with E-state index in [0.29, 0.717) is 13.0 Å². The van der Waals surface area contributed by atoms with Gasteiger partial charge in [0.25, 0.3) is 0 Å². The SMILES string of the molecule is CNC(C)C(=O)NC(CCCN=C(N)N)C(=O)O. The molecule has 0 saturated heterocycles. The fourth-order valence-electron chi connectivity index (χ4n) is 1.19. The van der Waals surface area contributed by atoms with Crippen LogP contribution in [0.1, 0.15) is 19.8 Å². The maximum absolute atomic E-state index is 11.5. The van der Waals surface area contributed by atoms with E-state index in [2.05, 4.69) is 15.6 Å². The molecule has 8 heteroatoms. The van der Waals surface area contributed by atoms with Crippen LogP contribution in [0.4, 0.5) is 0 Å². The molecule has 7 N–H and O–H groups in total. The lowest BCUT2D eigenvalue weighted by atomic mass is 10.1. The van der Waals surface area contributed by atoms with E-state index in [1.807, 2.05) is 0 Å². The van der Waals surface area contributed by atoms with Crippen molar-refractivity contribution >= 4 is 17.8 Å². The molecule has 0 bridgehead atoms. The molecular formula is C10H21N5O3. The van der Waals surface area contributed by atoms with E-state index < -0.39 is 18.1 Å². The molecule has 0 aromatic rings. The number of amides is 1. The van der Waals surface area contributed by atoms with Crippen LogP contribution in [-0.4, -0.2) is 48.6 Å². The Morgan fingerprint density at radius 1 is 1.39 bits per heavy atom. The first-order chi connectivity index (χ1) is 8.38. The van der Waals surface area contributed by atoms with Crippen LogP contribution < -0.4 is 22.1 Å². The second-order valence-electron chi connectivity index (χ2n) is 3.86. The van der Waals surface area contributed by atoms with Crippen LogP contribution in [0, 0.1) is 0 Å². The van der Waals surface area contributed by atoms with Crippen LogP contribution in [-0.2, 0) is 9.59 Å². The number of carboxylic acids is 1. The van der Waals surface area contributed by atoms with Gasteiger partial charge in [-0.1, -0.05) is 0 Å². The van der Waals surface area contributed by atoms with E-state index in [1.54, 1.807) is 14.0 Å². The molecule has 0 fully saturated rings. The van der Waals surface area contributed by atoms with Crippen molar-refractivity contribution in [2.24, 2.45) is 16.5 Å². The summed E-state index contributed by atoms with van der Waals surface area (Å²) in [5.74, 6) is -1.46. The molecule has 0 aliphatic carbocycles. The topological polar surface area (TPSA) is 143 Å². The first kappa shape index (κ1) is 16.2. The number of nitrogens with zero attached hydrogens (tertiary/aromatic N) is 1. The quantitative estimate of drug-likeness (QED) is 0.198. The number of rotatable bonds is 8. The number of likely N-dealkylation sites (N-methyl/N-ethyl adjacent to an activating group) is 1. The Morgan fingerprint density at radius 2 is 2.00 bits per heavy atom. The molecule has 2 unspecified atom stereocenters. The van der Waals surface area contributed by atoms with E-state index in [0.717, 1.165) is 0 Å². The zero-order chi connectivity index (χ0) is 14.1. The Morgan fingerprint density at radius 3 is 2.44 bits per heavy atom. The van der Waals surface area contributed by atoms with Crippen molar-refractivity contribution in [2.45, 2.75) is 31.8 Å². The highest BCUT2D eigenvalue weighted by Gasteiger charge is 2.21. The Bertz CT molecular complexity index is 315. The van der Waals surface area contributed by atoms with Crippen LogP contribution in [0.25, 0.3) is 0 Å². The van der Waals surface area contributed by atoms with Crippen molar-refractivity contribution < 1.29 is 14.7 Å². The Balaban J connectivity index is 4.20. The third-order valence-corrected chi connectivity index (χ3v) is 2.39. The van der Waals surface area contributed by atoms with Gasteiger partial charge in [0.1, 0.15) is 6.04 Å². The summed E-state index contributed by atoms with van der Waals surface area (Å²) in [5, 5.41) is 14.1. The van der Waals surface area contributed by atoms with E-state index in [9.17, 15) is 9.59 Å². The predicted octanol–water partition coefficient (Wildman–Crippen LogP) is -1.78. The molecule has 0 aliphatic heterocycles. The fraction of sp³-hybridized carbons (Fsp3) is 0.700. The minimum absolute atomic E-state index is 0.0327. The molecular weight excluding hydrogens is 238 g/mol. The Hall–Kier alpha value is -1.83. The summed E-state index contributed by atoms with van der Waals surface area (Å²) < 4.78 is 0. The first-order valence-corrected chi connectivity index (χ1v) is 5.64. The number of nitrogens with one attached hydrogen (secondary N) is 2. The van der Waals surface area contributed by atoms with Crippen LogP contribution >= 0.6 is 0 Å². The summed E-state index contributed by atoms with van der Waals surface area (Å²) in [4.78, 5) is 26.2. The Kier molecular flexibility index (Phi) is 7.45. The second kappa shape index (κ2) is 8.29. The number of aliphatic carboxylic acids is 1. The van der Waals surface area contributed by atoms with Gasteiger partial charge < -0.3 is 27.2 Å². The molecule has 104 valence electrons. The average Bonchev–Trinajstić information content (AvgIpc) is 2.30. The van der Waals surface area contributed by atoms with Crippen molar-refractivity contribution in [3.05, 3.63) is 0 Å². The zero-order valence-corrected chi connectivity index (χ0v) is 10.6. The highest BCUT2D eigenvalue weighted by molar-refractivity contribution is 5.86. The van der Waals surface area contributed by atoms with E-state index >= 15 is 0 Å². The molecule has 0 spiro atoms. The zero-order valence-electron chi connectivity index (χ0n) is 10.6.